The van der Waals surface area contributed by atoms with Crippen molar-refractivity contribution in [3.63, 3.8) is 0 Å². The highest BCUT2D eigenvalue weighted by Gasteiger charge is 2.30. The van der Waals surface area contributed by atoms with Crippen LogP contribution >= 0.6 is 0 Å². The van der Waals surface area contributed by atoms with Gasteiger partial charge in [0.25, 0.3) is 0 Å². The SMILES string of the molecule is CC(C)[C@H](NC(C)(C)C)C(=O)N[C@@H](C)C(=O)N[C@@H](CCCCNC(=O)OC(C)(C)C)C(=O)O. The molecule has 0 aliphatic carbocycles. The molecule has 3 atom stereocenters. The molecule has 0 aromatic rings. The van der Waals surface area contributed by atoms with Crippen molar-refractivity contribution in [2.45, 2.75) is 111 Å². The van der Waals surface area contributed by atoms with Gasteiger partial charge in [0, 0.05) is 12.1 Å². The molecule has 0 aromatic carbocycles. The lowest BCUT2D eigenvalue weighted by atomic mass is 9.98. The highest BCUT2D eigenvalue weighted by Crippen LogP contribution is 2.10. The van der Waals surface area contributed by atoms with Crippen molar-refractivity contribution in [2.24, 2.45) is 5.92 Å². The molecule has 0 unspecified atom stereocenters. The Balaban J connectivity index is 4.64. The summed E-state index contributed by atoms with van der Waals surface area (Å²) in [5, 5.41) is 20.4. The van der Waals surface area contributed by atoms with E-state index in [1.807, 2.05) is 34.6 Å². The minimum Gasteiger partial charge on any atom is -0.480 e. The van der Waals surface area contributed by atoms with Gasteiger partial charge in [-0.15, -0.1) is 0 Å². The van der Waals surface area contributed by atoms with E-state index < -0.39 is 41.7 Å². The fourth-order valence-corrected chi connectivity index (χ4v) is 2.90. The minimum absolute atomic E-state index is 0.000503. The van der Waals surface area contributed by atoms with Crippen LogP contribution in [0.1, 0.15) is 81.6 Å². The summed E-state index contributed by atoms with van der Waals surface area (Å²) in [7, 11) is 0. The van der Waals surface area contributed by atoms with Gasteiger partial charge in [-0.3, -0.25) is 9.59 Å². The van der Waals surface area contributed by atoms with Crippen LogP contribution in [0.2, 0.25) is 0 Å². The van der Waals surface area contributed by atoms with Crippen molar-refractivity contribution in [3.05, 3.63) is 0 Å². The van der Waals surface area contributed by atoms with E-state index in [-0.39, 0.29) is 23.8 Å². The van der Waals surface area contributed by atoms with Crippen molar-refractivity contribution in [2.75, 3.05) is 6.54 Å². The Labute approximate surface area is 198 Å². The second kappa shape index (κ2) is 13.4. The number of unbranched alkanes of at least 4 members (excludes halogenated alkanes) is 1. The Morgan fingerprint density at radius 2 is 1.45 bits per heavy atom. The van der Waals surface area contributed by atoms with Gasteiger partial charge in [0.2, 0.25) is 11.8 Å². The normalized spacial score (nSPS) is 14.7. The Bertz CT molecular complexity index is 667. The summed E-state index contributed by atoms with van der Waals surface area (Å²) in [5.41, 5.74) is -0.878. The largest absolute Gasteiger partial charge is 0.480 e. The molecule has 192 valence electrons. The fraction of sp³-hybridized carbons (Fsp3) is 0.826. The molecule has 0 heterocycles. The van der Waals surface area contributed by atoms with Gasteiger partial charge < -0.3 is 31.1 Å². The summed E-state index contributed by atoms with van der Waals surface area (Å²) in [6.45, 7) is 16.8. The van der Waals surface area contributed by atoms with Crippen LogP contribution in [0.15, 0.2) is 0 Å². The van der Waals surface area contributed by atoms with Crippen molar-refractivity contribution >= 4 is 23.9 Å². The molecule has 3 amide bonds. The smallest absolute Gasteiger partial charge is 0.407 e. The molecule has 0 bridgehead atoms. The molecule has 10 nitrogen and oxygen atoms in total. The first-order valence-electron chi connectivity index (χ1n) is 11.5. The van der Waals surface area contributed by atoms with Crippen LogP contribution in [0.3, 0.4) is 0 Å². The first kappa shape index (κ1) is 30.6. The van der Waals surface area contributed by atoms with Gasteiger partial charge in [0.1, 0.15) is 17.7 Å². The van der Waals surface area contributed by atoms with E-state index in [9.17, 15) is 24.3 Å². The molecule has 0 saturated heterocycles. The zero-order valence-electron chi connectivity index (χ0n) is 21.6. The molecular weight excluding hydrogens is 428 g/mol. The van der Waals surface area contributed by atoms with Crippen molar-refractivity contribution in [1.29, 1.82) is 0 Å². The van der Waals surface area contributed by atoms with E-state index in [0.29, 0.717) is 19.4 Å². The quantitative estimate of drug-likeness (QED) is 0.274. The highest BCUT2D eigenvalue weighted by molar-refractivity contribution is 5.91. The summed E-state index contributed by atoms with van der Waals surface area (Å²) >= 11 is 0. The van der Waals surface area contributed by atoms with E-state index in [1.54, 1.807) is 20.8 Å². The maximum atomic E-state index is 12.7. The number of amides is 3. The van der Waals surface area contributed by atoms with Crippen LogP contribution < -0.4 is 21.3 Å². The molecular formula is C23H44N4O6. The third-order valence-electron chi connectivity index (χ3n) is 4.49. The maximum absolute atomic E-state index is 12.7. The monoisotopic (exact) mass is 472 g/mol. The Hall–Kier alpha value is -2.36. The number of hydrogen-bond acceptors (Lipinski definition) is 6. The molecule has 33 heavy (non-hydrogen) atoms. The van der Waals surface area contributed by atoms with Gasteiger partial charge in [0.15, 0.2) is 0 Å². The van der Waals surface area contributed by atoms with Crippen molar-refractivity contribution in [1.82, 2.24) is 21.3 Å². The minimum atomic E-state index is -1.16. The second-order valence-electron chi connectivity index (χ2n) is 10.7. The zero-order valence-corrected chi connectivity index (χ0v) is 21.6. The average molecular weight is 473 g/mol. The van der Waals surface area contributed by atoms with Crippen LogP contribution in [0.4, 0.5) is 4.79 Å². The zero-order chi connectivity index (χ0) is 26.0. The lowest BCUT2D eigenvalue weighted by Crippen LogP contribution is -2.58. The molecule has 0 spiro atoms. The van der Waals surface area contributed by atoms with Crippen molar-refractivity contribution < 1.29 is 29.0 Å². The van der Waals surface area contributed by atoms with E-state index in [2.05, 4.69) is 21.3 Å². The Morgan fingerprint density at radius 1 is 0.879 bits per heavy atom. The molecule has 0 radical (unpaired) electrons. The van der Waals surface area contributed by atoms with Crippen LogP contribution in [0, 0.1) is 5.92 Å². The molecule has 5 N–H and O–H groups in total. The maximum Gasteiger partial charge on any atom is 0.407 e. The highest BCUT2D eigenvalue weighted by atomic mass is 16.6. The van der Waals surface area contributed by atoms with Gasteiger partial charge in [-0.05, 0) is 73.6 Å². The van der Waals surface area contributed by atoms with Gasteiger partial charge in [-0.2, -0.15) is 0 Å². The van der Waals surface area contributed by atoms with E-state index >= 15 is 0 Å². The second-order valence-corrected chi connectivity index (χ2v) is 10.7. The molecule has 0 saturated carbocycles. The lowest BCUT2D eigenvalue weighted by molar-refractivity contribution is -0.142. The summed E-state index contributed by atoms with van der Waals surface area (Å²) in [6, 6.07) is -2.48. The fourth-order valence-electron chi connectivity index (χ4n) is 2.90. The predicted octanol–water partition coefficient (Wildman–Crippen LogP) is 2.17. The topological polar surface area (TPSA) is 146 Å². The van der Waals surface area contributed by atoms with Crippen LogP contribution in [0.5, 0.6) is 0 Å². The molecule has 0 rings (SSSR count). The lowest BCUT2D eigenvalue weighted by Gasteiger charge is -2.31. The molecule has 0 fully saturated rings. The number of rotatable bonds is 12. The number of carboxylic acids is 1. The summed E-state index contributed by atoms with van der Waals surface area (Å²) in [6.07, 6.45) is 0.659. The number of aliphatic carboxylic acids is 1. The van der Waals surface area contributed by atoms with Gasteiger partial charge in [-0.25, -0.2) is 9.59 Å². The number of carbonyl (C=O) groups is 4. The van der Waals surface area contributed by atoms with E-state index in [1.165, 1.54) is 6.92 Å². The molecule has 0 aromatic heterocycles. The number of nitrogens with one attached hydrogen (secondary N) is 4. The Kier molecular flexibility index (Phi) is 12.4. The number of hydrogen-bond donors (Lipinski definition) is 5. The first-order valence-corrected chi connectivity index (χ1v) is 11.5. The summed E-state index contributed by atoms with van der Waals surface area (Å²) in [4.78, 5) is 48.3. The predicted molar refractivity (Wildman–Crippen MR) is 127 cm³/mol. The number of ether oxygens (including phenoxy) is 1. The standard InChI is InChI=1S/C23H44N4O6/c1-14(2)17(27-22(4,5)6)19(29)25-15(3)18(28)26-16(20(30)31)12-10-11-13-24-21(32)33-23(7,8)9/h14-17,27H,10-13H2,1-9H3,(H,24,32)(H,25,29)(H,26,28)(H,30,31)/t15-,16-,17-/m0/s1. The van der Waals surface area contributed by atoms with Crippen LogP contribution in [-0.4, -0.2) is 64.8 Å². The number of carbonyl (C=O) groups excluding carboxylic acids is 3. The van der Waals surface area contributed by atoms with Crippen LogP contribution in [0.25, 0.3) is 0 Å². The van der Waals surface area contributed by atoms with Gasteiger partial charge >= 0.3 is 12.1 Å². The molecule has 10 heteroatoms. The van der Waals surface area contributed by atoms with Gasteiger partial charge in [-0.1, -0.05) is 13.8 Å². The Morgan fingerprint density at radius 3 is 1.91 bits per heavy atom. The summed E-state index contributed by atoms with van der Waals surface area (Å²) < 4.78 is 5.13. The molecule has 0 aliphatic heterocycles. The number of carboxylic acid groups (broad SMARTS) is 1. The van der Waals surface area contributed by atoms with E-state index in [4.69, 9.17) is 4.74 Å². The molecule has 0 aliphatic rings. The third-order valence-corrected chi connectivity index (χ3v) is 4.49. The van der Waals surface area contributed by atoms with Gasteiger partial charge in [0.05, 0.1) is 6.04 Å². The third kappa shape index (κ3) is 14.4. The van der Waals surface area contributed by atoms with E-state index in [0.717, 1.165) is 0 Å². The first-order chi connectivity index (χ1) is 14.9. The summed E-state index contributed by atoms with van der Waals surface area (Å²) in [5.74, 6) is -2.04. The van der Waals surface area contributed by atoms with Crippen LogP contribution in [-0.2, 0) is 19.1 Å². The average Bonchev–Trinajstić information content (AvgIpc) is 2.61. The van der Waals surface area contributed by atoms with Crippen molar-refractivity contribution in [3.8, 4) is 0 Å². The number of alkyl carbamates (subject to hydrolysis) is 1.